The summed E-state index contributed by atoms with van der Waals surface area (Å²) in [5, 5.41) is 6.99. The number of carbonyl (C=O) groups excluding carboxylic acids is 1. The Labute approximate surface area is 146 Å². The van der Waals surface area contributed by atoms with Crippen molar-refractivity contribution in [1.29, 1.82) is 0 Å². The molecule has 0 saturated carbocycles. The van der Waals surface area contributed by atoms with Gasteiger partial charge in [0.05, 0.1) is 12.8 Å². The van der Waals surface area contributed by atoms with E-state index in [1.54, 1.807) is 41.3 Å². The van der Waals surface area contributed by atoms with Crippen molar-refractivity contribution in [1.82, 2.24) is 20.1 Å². The van der Waals surface area contributed by atoms with Gasteiger partial charge in [0.15, 0.2) is 0 Å². The van der Waals surface area contributed by atoms with Gasteiger partial charge in [-0.15, -0.1) is 0 Å². The Balaban J connectivity index is 1.44. The lowest BCUT2D eigenvalue weighted by Crippen LogP contribution is -2.26. The van der Waals surface area contributed by atoms with Crippen molar-refractivity contribution < 1.29 is 9.53 Å². The minimum absolute atomic E-state index is 0.174. The lowest BCUT2D eigenvalue weighted by molar-refractivity contribution is 0.0946. The van der Waals surface area contributed by atoms with Crippen LogP contribution in [-0.4, -0.2) is 33.8 Å². The molecule has 0 saturated heterocycles. The van der Waals surface area contributed by atoms with Crippen molar-refractivity contribution in [3.05, 3.63) is 66.7 Å². The van der Waals surface area contributed by atoms with Crippen LogP contribution in [0, 0.1) is 6.07 Å². The lowest BCUT2D eigenvalue weighted by Gasteiger charge is -2.08. The average Bonchev–Trinajstić information content (AvgIpc) is 3.09. The maximum absolute atomic E-state index is 11.9. The number of hydrogen-bond acceptors (Lipinski definition) is 4. The average molecular weight is 335 g/mol. The SMILES string of the molecule is Cn1cc(-c2c[c]cc(OCCCNC(=O)c3ccccn3)c2)cn1. The molecule has 25 heavy (non-hydrogen) atoms. The van der Waals surface area contributed by atoms with E-state index in [1.807, 2.05) is 25.4 Å². The van der Waals surface area contributed by atoms with Gasteiger partial charge in [0.1, 0.15) is 11.4 Å². The summed E-state index contributed by atoms with van der Waals surface area (Å²) in [6.45, 7) is 1.04. The second-order valence-corrected chi connectivity index (χ2v) is 5.53. The topological polar surface area (TPSA) is 69.0 Å². The van der Waals surface area contributed by atoms with E-state index in [1.165, 1.54) is 0 Å². The highest BCUT2D eigenvalue weighted by Crippen LogP contribution is 2.22. The van der Waals surface area contributed by atoms with Crippen LogP contribution in [0.1, 0.15) is 16.9 Å². The fraction of sp³-hybridized carbons (Fsp3) is 0.211. The van der Waals surface area contributed by atoms with Crippen LogP contribution in [0.2, 0.25) is 0 Å². The van der Waals surface area contributed by atoms with Gasteiger partial charge in [-0.3, -0.25) is 14.5 Å². The van der Waals surface area contributed by atoms with Gasteiger partial charge < -0.3 is 10.1 Å². The van der Waals surface area contributed by atoms with Crippen LogP contribution in [0.3, 0.4) is 0 Å². The van der Waals surface area contributed by atoms with Crippen molar-refractivity contribution in [3.63, 3.8) is 0 Å². The standard InChI is InChI=1S/C19H19N4O2/c1-23-14-16(13-22-23)15-6-4-7-17(12-15)25-11-5-10-21-19(24)18-8-2-3-9-20-18/h2-3,6-9,12-14H,5,10-11H2,1H3,(H,21,24). The molecule has 2 aromatic heterocycles. The molecule has 6 heteroatoms. The number of nitrogens with zero attached hydrogens (tertiary/aromatic N) is 3. The second-order valence-electron chi connectivity index (χ2n) is 5.53. The van der Waals surface area contributed by atoms with Crippen molar-refractivity contribution in [3.8, 4) is 16.9 Å². The third-order valence-corrected chi connectivity index (χ3v) is 3.57. The smallest absolute Gasteiger partial charge is 0.269 e. The summed E-state index contributed by atoms with van der Waals surface area (Å²) in [6.07, 6.45) is 6.06. The normalized spacial score (nSPS) is 10.4. The summed E-state index contributed by atoms with van der Waals surface area (Å²) in [7, 11) is 1.88. The Morgan fingerprint density at radius 3 is 3.00 bits per heavy atom. The van der Waals surface area contributed by atoms with Crippen LogP contribution in [0.4, 0.5) is 0 Å². The van der Waals surface area contributed by atoms with E-state index in [0.717, 1.165) is 16.9 Å². The van der Waals surface area contributed by atoms with Crippen LogP contribution in [0.15, 0.2) is 55.0 Å². The van der Waals surface area contributed by atoms with E-state index in [0.29, 0.717) is 25.3 Å². The highest BCUT2D eigenvalue weighted by molar-refractivity contribution is 5.92. The second kappa shape index (κ2) is 8.10. The fourth-order valence-corrected chi connectivity index (χ4v) is 2.32. The van der Waals surface area contributed by atoms with Gasteiger partial charge in [0.25, 0.3) is 5.91 Å². The van der Waals surface area contributed by atoms with E-state index in [4.69, 9.17) is 4.74 Å². The zero-order valence-electron chi connectivity index (χ0n) is 14.0. The van der Waals surface area contributed by atoms with Crippen LogP contribution in [0.5, 0.6) is 5.75 Å². The Hall–Kier alpha value is -3.15. The number of nitrogens with one attached hydrogen (secondary N) is 1. The molecule has 0 spiro atoms. The van der Waals surface area contributed by atoms with E-state index in [9.17, 15) is 4.79 Å². The summed E-state index contributed by atoms with van der Waals surface area (Å²) in [5.74, 6) is 0.574. The molecule has 1 radical (unpaired) electrons. The molecule has 3 aromatic rings. The van der Waals surface area contributed by atoms with Crippen molar-refractivity contribution in [2.75, 3.05) is 13.2 Å². The van der Waals surface area contributed by atoms with Crippen molar-refractivity contribution in [2.24, 2.45) is 7.05 Å². The van der Waals surface area contributed by atoms with Gasteiger partial charge in [0.2, 0.25) is 0 Å². The Kier molecular flexibility index (Phi) is 5.41. The molecule has 1 aromatic carbocycles. The van der Waals surface area contributed by atoms with E-state index in [-0.39, 0.29) is 5.91 Å². The summed E-state index contributed by atoms with van der Waals surface area (Å²) >= 11 is 0. The fourth-order valence-electron chi connectivity index (χ4n) is 2.32. The molecule has 0 aliphatic heterocycles. The van der Waals surface area contributed by atoms with Crippen LogP contribution < -0.4 is 10.1 Å². The molecule has 0 atom stereocenters. The predicted molar refractivity (Wildman–Crippen MR) is 94.2 cm³/mol. The first kappa shape index (κ1) is 16.7. The number of pyridine rings is 1. The van der Waals surface area contributed by atoms with E-state index in [2.05, 4.69) is 21.5 Å². The molecule has 2 heterocycles. The zero-order valence-corrected chi connectivity index (χ0v) is 14.0. The quantitative estimate of drug-likeness (QED) is 0.674. The molecule has 1 N–H and O–H groups in total. The first-order chi connectivity index (χ1) is 12.2. The largest absolute Gasteiger partial charge is 0.493 e. The molecular formula is C19H19N4O2. The zero-order chi connectivity index (χ0) is 17.5. The van der Waals surface area contributed by atoms with Crippen LogP contribution in [0.25, 0.3) is 11.1 Å². The molecule has 3 rings (SSSR count). The van der Waals surface area contributed by atoms with Gasteiger partial charge >= 0.3 is 0 Å². The lowest BCUT2D eigenvalue weighted by atomic mass is 10.1. The number of ether oxygens (including phenoxy) is 1. The third-order valence-electron chi connectivity index (χ3n) is 3.57. The number of hydrogen-bond donors (Lipinski definition) is 1. The maximum atomic E-state index is 11.9. The van der Waals surface area contributed by atoms with E-state index >= 15 is 0 Å². The van der Waals surface area contributed by atoms with Gasteiger partial charge in [0, 0.05) is 31.5 Å². The Bertz CT molecular complexity index is 830. The highest BCUT2D eigenvalue weighted by Gasteiger charge is 2.05. The third kappa shape index (κ3) is 4.67. The number of carbonyl (C=O) groups is 1. The summed E-state index contributed by atoms with van der Waals surface area (Å²) in [4.78, 5) is 15.9. The van der Waals surface area contributed by atoms with Gasteiger partial charge in [-0.25, -0.2) is 0 Å². The van der Waals surface area contributed by atoms with Gasteiger partial charge in [-0.1, -0.05) is 6.07 Å². The first-order valence-electron chi connectivity index (χ1n) is 8.04. The number of benzene rings is 1. The molecule has 0 bridgehead atoms. The summed E-state index contributed by atoms with van der Waals surface area (Å²) < 4.78 is 7.49. The molecule has 127 valence electrons. The first-order valence-corrected chi connectivity index (χ1v) is 8.04. The van der Waals surface area contributed by atoms with Gasteiger partial charge in [-0.2, -0.15) is 5.10 Å². The molecular weight excluding hydrogens is 316 g/mol. The summed E-state index contributed by atoms with van der Waals surface area (Å²) in [5.41, 5.74) is 2.45. The minimum atomic E-state index is -0.174. The minimum Gasteiger partial charge on any atom is -0.493 e. The summed E-state index contributed by atoms with van der Waals surface area (Å²) in [6, 6.07) is 14.0. The van der Waals surface area contributed by atoms with Gasteiger partial charge in [-0.05, 0) is 48.4 Å². The number of amides is 1. The molecule has 0 aliphatic carbocycles. The predicted octanol–water partition coefficient (Wildman–Crippen LogP) is 2.48. The number of aryl methyl sites for hydroxylation is 1. The maximum Gasteiger partial charge on any atom is 0.269 e. The Morgan fingerprint density at radius 1 is 1.32 bits per heavy atom. The molecule has 1 amide bonds. The molecule has 0 fully saturated rings. The molecule has 0 unspecified atom stereocenters. The number of rotatable bonds is 7. The van der Waals surface area contributed by atoms with Crippen molar-refractivity contribution in [2.45, 2.75) is 6.42 Å². The van der Waals surface area contributed by atoms with E-state index < -0.39 is 0 Å². The monoisotopic (exact) mass is 335 g/mol. The van der Waals surface area contributed by atoms with Crippen molar-refractivity contribution >= 4 is 5.91 Å². The number of aromatic nitrogens is 3. The van der Waals surface area contributed by atoms with Crippen LogP contribution in [-0.2, 0) is 7.05 Å². The Morgan fingerprint density at radius 2 is 2.24 bits per heavy atom. The van der Waals surface area contributed by atoms with Crippen LogP contribution >= 0.6 is 0 Å². The molecule has 6 nitrogen and oxygen atoms in total. The highest BCUT2D eigenvalue weighted by atomic mass is 16.5. The molecule has 0 aliphatic rings.